The first kappa shape index (κ1) is 23.7. The first-order valence-electron chi connectivity index (χ1n) is 12.2. The molecule has 184 valence electrons. The van der Waals surface area contributed by atoms with E-state index in [9.17, 15) is 9.59 Å². The lowest BCUT2D eigenvalue weighted by molar-refractivity contribution is -0.129. The summed E-state index contributed by atoms with van der Waals surface area (Å²) in [5.41, 5.74) is 3.57. The highest BCUT2D eigenvalue weighted by Gasteiger charge is 2.21. The monoisotopic (exact) mass is 482 g/mol. The molecule has 0 radical (unpaired) electrons. The van der Waals surface area contributed by atoms with E-state index in [0.717, 1.165) is 40.8 Å². The van der Waals surface area contributed by atoms with Gasteiger partial charge in [-0.05, 0) is 40.6 Å². The van der Waals surface area contributed by atoms with Gasteiger partial charge in [-0.1, -0.05) is 37.3 Å². The Morgan fingerprint density at radius 3 is 2.69 bits per heavy atom. The highest BCUT2D eigenvalue weighted by molar-refractivity contribution is 5.99. The lowest BCUT2D eigenvalue weighted by atomic mass is 9.94. The molecule has 1 saturated heterocycles. The number of likely N-dealkylation sites (N-methyl/N-ethyl adjacent to an activating group) is 1. The van der Waals surface area contributed by atoms with Gasteiger partial charge in [-0.3, -0.25) is 14.6 Å². The minimum atomic E-state index is -0.0183. The Morgan fingerprint density at radius 1 is 1.06 bits per heavy atom. The summed E-state index contributed by atoms with van der Waals surface area (Å²) in [6.45, 7) is 4.01. The van der Waals surface area contributed by atoms with E-state index < -0.39 is 0 Å². The maximum absolute atomic E-state index is 13.2. The van der Waals surface area contributed by atoms with Gasteiger partial charge < -0.3 is 14.4 Å². The lowest BCUT2D eigenvalue weighted by Gasteiger charge is -2.33. The minimum Gasteiger partial charge on any atom is -0.360 e. The molecule has 0 unspecified atom stereocenters. The summed E-state index contributed by atoms with van der Waals surface area (Å²) >= 11 is 0. The van der Waals surface area contributed by atoms with Crippen molar-refractivity contribution in [1.29, 1.82) is 0 Å². The molecule has 1 aliphatic rings. The number of fused-ring (bicyclic) bond motifs is 1. The Bertz CT molecular complexity index is 1430. The average molecular weight is 483 g/mol. The zero-order valence-electron chi connectivity index (χ0n) is 20.9. The van der Waals surface area contributed by atoms with Crippen LogP contribution in [0.3, 0.4) is 0 Å². The van der Waals surface area contributed by atoms with Gasteiger partial charge in [0, 0.05) is 57.3 Å². The van der Waals surface area contributed by atoms with E-state index >= 15 is 0 Å². The zero-order chi connectivity index (χ0) is 25.2. The molecule has 0 N–H and O–H groups in total. The van der Waals surface area contributed by atoms with Crippen molar-refractivity contribution < 1.29 is 9.59 Å². The molecular formula is C28H30N6O2. The molecule has 1 amide bonds. The number of rotatable bonds is 7. The molecule has 0 spiro atoms. The Labute approximate surface area is 210 Å². The quantitative estimate of drug-likeness (QED) is 0.376. The molecular weight excluding hydrogens is 452 g/mol. The molecule has 5 rings (SSSR count). The third-order valence-electron chi connectivity index (χ3n) is 6.99. The largest absolute Gasteiger partial charge is 0.360 e. The van der Waals surface area contributed by atoms with Crippen molar-refractivity contribution in [2.45, 2.75) is 25.7 Å². The van der Waals surface area contributed by atoms with Crippen LogP contribution in [0.25, 0.3) is 10.8 Å². The molecule has 0 aliphatic carbocycles. The molecule has 8 nitrogen and oxygen atoms in total. The van der Waals surface area contributed by atoms with Crippen LogP contribution in [-0.2, 0) is 24.7 Å². The zero-order valence-corrected chi connectivity index (χ0v) is 20.9. The smallest absolute Gasteiger partial charge is 0.241 e. The van der Waals surface area contributed by atoms with Crippen molar-refractivity contribution in [3.05, 3.63) is 83.7 Å². The van der Waals surface area contributed by atoms with Crippen molar-refractivity contribution in [3.63, 3.8) is 0 Å². The maximum atomic E-state index is 13.2. The molecule has 3 heterocycles. The van der Waals surface area contributed by atoms with Crippen LogP contribution in [0, 0.1) is 0 Å². The Kier molecular flexibility index (Phi) is 6.50. The van der Waals surface area contributed by atoms with E-state index in [1.165, 1.54) is 5.56 Å². The van der Waals surface area contributed by atoms with Crippen LogP contribution in [0.5, 0.6) is 0 Å². The summed E-state index contributed by atoms with van der Waals surface area (Å²) in [6, 6.07) is 16.1. The Morgan fingerprint density at radius 2 is 1.92 bits per heavy atom. The highest BCUT2D eigenvalue weighted by atomic mass is 16.2. The predicted octanol–water partition coefficient (Wildman–Crippen LogP) is 3.41. The van der Waals surface area contributed by atoms with Crippen LogP contribution >= 0.6 is 0 Å². The lowest BCUT2D eigenvalue weighted by Crippen LogP contribution is -2.48. The first-order chi connectivity index (χ1) is 17.4. The summed E-state index contributed by atoms with van der Waals surface area (Å²) in [7, 11) is 3.78. The van der Waals surface area contributed by atoms with Crippen LogP contribution in [0.2, 0.25) is 0 Å². The fourth-order valence-electron chi connectivity index (χ4n) is 4.63. The first-order valence-corrected chi connectivity index (χ1v) is 12.2. The van der Waals surface area contributed by atoms with Gasteiger partial charge >= 0.3 is 0 Å². The normalized spacial score (nSPS) is 14.9. The molecule has 2 aromatic carbocycles. The van der Waals surface area contributed by atoms with Gasteiger partial charge in [-0.2, -0.15) is 0 Å². The number of piperazine rings is 1. The van der Waals surface area contributed by atoms with E-state index in [4.69, 9.17) is 0 Å². The summed E-state index contributed by atoms with van der Waals surface area (Å²) in [5, 5.41) is 10.1. The standard InChI is InChI=1S/C28H30N6O2/c1-19(11-27-31-30-18-33(27)3)21-6-4-5-20(12-21)13-26(35)25-15-23-14-24(8-7-22(23)16-29-25)34-10-9-32(2)28(36)17-34/h4-8,12,14-16,18-19H,9-11,13,17H2,1-3H3/t19-/m0/s1. The van der Waals surface area contributed by atoms with Crippen molar-refractivity contribution in [2.24, 2.45) is 7.05 Å². The van der Waals surface area contributed by atoms with Gasteiger partial charge in [-0.15, -0.1) is 10.2 Å². The van der Waals surface area contributed by atoms with E-state index in [2.05, 4.69) is 39.1 Å². The molecule has 4 aromatic rings. The van der Waals surface area contributed by atoms with Crippen molar-refractivity contribution >= 4 is 28.2 Å². The summed E-state index contributed by atoms with van der Waals surface area (Å²) < 4.78 is 1.93. The van der Waals surface area contributed by atoms with Crippen LogP contribution in [0.1, 0.15) is 40.3 Å². The topological polar surface area (TPSA) is 84.2 Å². The van der Waals surface area contributed by atoms with Crippen LogP contribution in [0.4, 0.5) is 5.69 Å². The van der Waals surface area contributed by atoms with E-state index in [-0.39, 0.29) is 24.0 Å². The number of pyridine rings is 1. The summed E-state index contributed by atoms with van der Waals surface area (Å²) in [6.07, 6.45) is 4.53. The number of hydrogen-bond acceptors (Lipinski definition) is 6. The van der Waals surface area contributed by atoms with E-state index in [1.807, 2.05) is 55.1 Å². The van der Waals surface area contributed by atoms with Gasteiger partial charge in [0.15, 0.2) is 5.78 Å². The van der Waals surface area contributed by atoms with Gasteiger partial charge in [-0.25, -0.2) is 0 Å². The number of benzene rings is 2. The number of aryl methyl sites for hydroxylation is 1. The number of anilines is 1. The Hall–Kier alpha value is -4.07. The second-order valence-corrected chi connectivity index (χ2v) is 9.65. The predicted molar refractivity (Wildman–Crippen MR) is 139 cm³/mol. The van der Waals surface area contributed by atoms with Crippen molar-refractivity contribution in [1.82, 2.24) is 24.6 Å². The van der Waals surface area contributed by atoms with Crippen LogP contribution in [-0.4, -0.2) is 63.0 Å². The number of carbonyl (C=O) groups is 2. The van der Waals surface area contributed by atoms with Gasteiger partial charge in [0.1, 0.15) is 17.8 Å². The summed E-state index contributed by atoms with van der Waals surface area (Å²) in [4.78, 5) is 33.6. The second kappa shape index (κ2) is 9.89. The van der Waals surface area contributed by atoms with Gasteiger partial charge in [0.25, 0.3) is 0 Å². The van der Waals surface area contributed by atoms with E-state index in [1.54, 1.807) is 17.4 Å². The number of Topliss-reactive ketones (excluding diaryl/α,β-unsaturated/α-hetero) is 1. The number of carbonyl (C=O) groups excluding carboxylic acids is 2. The van der Waals surface area contributed by atoms with E-state index in [0.29, 0.717) is 18.8 Å². The molecule has 1 aliphatic heterocycles. The fraction of sp³-hybridized carbons (Fsp3) is 0.321. The SMILES string of the molecule is C[C@@H](Cc1nncn1C)c1cccc(CC(=O)c2cc3cc(N4CCN(C)C(=O)C4)ccc3cn2)c1. The molecule has 8 heteroatoms. The third-order valence-corrected chi connectivity index (χ3v) is 6.99. The number of nitrogens with zero attached hydrogens (tertiary/aromatic N) is 6. The molecule has 36 heavy (non-hydrogen) atoms. The van der Waals surface area contributed by atoms with Crippen molar-refractivity contribution in [3.8, 4) is 0 Å². The average Bonchev–Trinajstić information content (AvgIpc) is 3.29. The van der Waals surface area contributed by atoms with Crippen LogP contribution in [0.15, 0.2) is 61.1 Å². The van der Waals surface area contributed by atoms with Gasteiger partial charge in [0.05, 0.1) is 6.54 Å². The molecule has 0 saturated carbocycles. The molecule has 1 fully saturated rings. The fourth-order valence-corrected chi connectivity index (χ4v) is 4.63. The summed E-state index contributed by atoms with van der Waals surface area (Å²) in [5.74, 6) is 1.28. The van der Waals surface area contributed by atoms with Gasteiger partial charge in [0.2, 0.25) is 5.91 Å². The molecule has 2 aromatic heterocycles. The number of ketones is 1. The third kappa shape index (κ3) is 4.98. The Balaban J connectivity index is 1.31. The molecule has 0 bridgehead atoms. The highest BCUT2D eigenvalue weighted by Crippen LogP contribution is 2.25. The maximum Gasteiger partial charge on any atom is 0.241 e. The number of hydrogen-bond donors (Lipinski definition) is 0. The van der Waals surface area contributed by atoms with Crippen LogP contribution < -0.4 is 4.90 Å². The number of aromatic nitrogens is 4. The molecule has 1 atom stereocenters. The number of amides is 1. The van der Waals surface area contributed by atoms with Crippen molar-refractivity contribution in [2.75, 3.05) is 31.6 Å². The second-order valence-electron chi connectivity index (χ2n) is 9.65. The minimum absolute atomic E-state index is 0.0183.